The minimum atomic E-state index is -0.426. The largest absolute Gasteiger partial charge is 0.497 e. The lowest BCUT2D eigenvalue weighted by molar-refractivity contribution is -0.136. The van der Waals surface area contributed by atoms with Crippen LogP contribution in [0.2, 0.25) is 0 Å². The number of methoxy groups -OCH3 is 1. The highest BCUT2D eigenvalue weighted by Gasteiger charge is 2.47. The summed E-state index contributed by atoms with van der Waals surface area (Å²) >= 11 is 0. The van der Waals surface area contributed by atoms with Crippen LogP contribution in [-0.4, -0.2) is 31.0 Å². The van der Waals surface area contributed by atoms with Crippen LogP contribution in [-0.2, 0) is 4.79 Å². The van der Waals surface area contributed by atoms with Crippen LogP contribution in [0.3, 0.4) is 0 Å². The number of carbonyl (C=O) groups excluding carboxylic acids is 2. The molecular formula is C27H30N2O5. The molecule has 4 aliphatic rings. The van der Waals surface area contributed by atoms with Crippen LogP contribution in [0.4, 0.5) is 0 Å². The fourth-order valence-corrected chi connectivity index (χ4v) is 6.31. The van der Waals surface area contributed by atoms with Crippen LogP contribution in [0, 0.1) is 5.92 Å². The summed E-state index contributed by atoms with van der Waals surface area (Å²) in [5.41, 5.74) is 8.88. The summed E-state index contributed by atoms with van der Waals surface area (Å²) in [6.07, 6.45) is 5.82. The van der Waals surface area contributed by atoms with Gasteiger partial charge in [0.15, 0.2) is 5.78 Å². The van der Waals surface area contributed by atoms with E-state index in [1.165, 1.54) is 6.42 Å². The van der Waals surface area contributed by atoms with Crippen molar-refractivity contribution >= 4 is 11.8 Å². The van der Waals surface area contributed by atoms with Crippen LogP contribution >= 0.6 is 0 Å². The maximum Gasteiger partial charge on any atom is 0.311 e. The first-order chi connectivity index (χ1) is 16.6. The van der Waals surface area contributed by atoms with E-state index in [-0.39, 0.29) is 36.1 Å². The quantitative estimate of drug-likeness (QED) is 0.522. The Morgan fingerprint density at radius 1 is 1.03 bits per heavy atom. The standard InChI is InChI=1S/C27H30N2O5/c1-32-17-7-5-16(6-8-17)25-20(15-28-29-25)19-13-23(31)33-22-10-9-18-21(30)14-27(11-3-2-4-12-27)34-26(18)24(19)22/h5-10,19-20,25,28-29H,2-4,11-15H2,1H3. The van der Waals surface area contributed by atoms with Crippen LogP contribution in [0.1, 0.15) is 78.4 Å². The molecule has 178 valence electrons. The van der Waals surface area contributed by atoms with E-state index >= 15 is 0 Å². The van der Waals surface area contributed by atoms with Gasteiger partial charge >= 0.3 is 5.97 Å². The molecular weight excluding hydrogens is 432 g/mol. The van der Waals surface area contributed by atoms with Crippen molar-refractivity contribution in [2.75, 3.05) is 13.7 Å². The fraction of sp³-hybridized carbons (Fsp3) is 0.481. The van der Waals surface area contributed by atoms with Gasteiger partial charge in [-0.1, -0.05) is 18.6 Å². The summed E-state index contributed by atoms with van der Waals surface area (Å²) in [6, 6.07) is 11.5. The SMILES string of the molecule is COc1ccc(C2NNCC2C2CC(=O)Oc3ccc4c(c32)OC2(CCCCC2)CC4=O)cc1. The Morgan fingerprint density at radius 2 is 1.82 bits per heavy atom. The summed E-state index contributed by atoms with van der Waals surface area (Å²) in [5, 5.41) is 0. The molecule has 3 aliphatic heterocycles. The number of Topliss-reactive ketones (excluding diaryl/α,β-unsaturated/α-hetero) is 1. The van der Waals surface area contributed by atoms with Crippen LogP contribution in [0.15, 0.2) is 36.4 Å². The third-order valence-electron chi connectivity index (χ3n) is 8.02. The van der Waals surface area contributed by atoms with Crippen molar-refractivity contribution in [3.63, 3.8) is 0 Å². The van der Waals surface area contributed by atoms with Crippen molar-refractivity contribution in [2.24, 2.45) is 5.92 Å². The second kappa shape index (κ2) is 8.40. The molecule has 3 heterocycles. The first-order valence-electron chi connectivity index (χ1n) is 12.3. The number of hydrazine groups is 1. The highest BCUT2D eigenvalue weighted by Crippen LogP contribution is 2.53. The van der Waals surface area contributed by atoms with Crippen molar-refractivity contribution in [3.05, 3.63) is 53.1 Å². The van der Waals surface area contributed by atoms with Crippen LogP contribution in [0.25, 0.3) is 0 Å². The number of esters is 1. The molecule has 7 nitrogen and oxygen atoms in total. The second-order valence-corrected chi connectivity index (χ2v) is 10.0. The molecule has 3 atom stereocenters. The number of benzene rings is 2. The number of fused-ring (bicyclic) bond motifs is 3. The van der Waals surface area contributed by atoms with Crippen molar-refractivity contribution in [3.8, 4) is 17.2 Å². The molecule has 1 spiro atoms. The molecule has 1 saturated heterocycles. The van der Waals surface area contributed by atoms with Crippen molar-refractivity contribution in [2.45, 2.75) is 62.5 Å². The summed E-state index contributed by atoms with van der Waals surface area (Å²) in [5.74, 6) is 1.82. The van der Waals surface area contributed by atoms with Gasteiger partial charge in [-0.05, 0) is 55.5 Å². The number of hydrogen-bond acceptors (Lipinski definition) is 7. The van der Waals surface area contributed by atoms with E-state index in [0.717, 1.165) is 42.6 Å². The van der Waals surface area contributed by atoms with Gasteiger partial charge in [0.05, 0.1) is 31.6 Å². The lowest BCUT2D eigenvalue weighted by atomic mass is 9.74. The average Bonchev–Trinajstić information content (AvgIpc) is 3.33. The number of ketones is 1. The molecule has 3 unspecified atom stereocenters. The Labute approximate surface area is 199 Å². The Morgan fingerprint density at radius 3 is 2.59 bits per heavy atom. The minimum absolute atomic E-state index is 0.00607. The molecule has 1 saturated carbocycles. The zero-order valence-corrected chi connectivity index (χ0v) is 19.4. The highest BCUT2D eigenvalue weighted by atomic mass is 16.5. The molecule has 34 heavy (non-hydrogen) atoms. The Kier molecular flexibility index (Phi) is 5.34. The van der Waals surface area contributed by atoms with E-state index < -0.39 is 5.60 Å². The first kappa shape index (κ1) is 21.6. The summed E-state index contributed by atoms with van der Waals surface area (Å²) < 4.78 is 17.8. The molecule has 1 aliphatic carbocycles. The van der Waals surface area contributed by atoms with Crippen LogP contribution in [0.5, 0.6) is 17.2 Å². The predicted octanol–water partition coefficient (Wildman–Crippen LogP) is 4.22. The average molecular weight is 463 g/mol. The second-order valence-electron chi connectivity index (χ2n) is 10.0. The molecule has 0 bridgehead atoms. The number of hydrogen-bond donors (Lipinski definition) is 2. The topological polar surface area (TPSA) is 85.9 Å². The zero-order valence-electron chi connectivity index (χ0n) is 19.4. The monoisotopic (exact) mass is 462 g/mol. The third kappa shape index (κ3) is 3.58. The molecule has 0 amide bonds. The molecule has 2 aromatic rings. The van der Waals surface area contributed by atoms with Gasteiger partial charge in [0.25, 0.3) is 0 Å². The fourth-order valence-electron chi connectivity index (χ4n) is 6.31. The van der Waals surface area contributed by atoms with Crippen LogP contribution < -0.4 is 25.1 Å². The number of nitrogens with one attached hydrogen (secondary N) is 2. The lowest BCUT2D eigenvalue weighted by Crippen LogP contribution is -2.44. The first-order valence-corrected chi connectivity index (χ1v) is 12.3. The lowest BCUT2D eigenvalue weighted by Gasteiger charge is -2.43. The summed E-state index contributed by atoms with van der Waals surface area (Å²) in [4.78, 5) is 25.9. The molecule has 7 heteroatoms. The van der Waals surface area contributed by atoms with E-state index in [2.05, 4.69) is 23.0 Å². The van der Waals surface area contributed by atoms with Gasteiger partial charge in [-0.25, -0.2) is 5.43 Å². The minimum Gasteiger partial charge on any atom is -0.497 e. The third-order valence-corrected chi connectivity index (χ3v) is 8.02. The van der Waals surface area contributed by atoms with Gasteiger partial charge in [-0.15, -0.1) is 0 Å². The van der Waals surface area contributed by atoms with Gasteiger partial charge in [-0.3, -0.25) is 15.0 Å². The Bertz CT molecular complexity index is 1120. The van der Waals surface area contributed by atoms with Crippen molar-refractivity contribution in [1.29, 1.82) is 0 Å². The van der Waals surface area contributed by atoms with E-state index in [0.29, 0.717) is 30.0 Å². The number of carbonyl (C=O) groups is 2. The smallest absolute Gasteiger partial charge is 0.311 e. The zero-order chi connectivity index (χ0) is 23.3. The van der Waals surface area contributed by atoms with E-state index in [9.17, 15) is 9.59 Å². The van der Waals surface area contributed by atoms with Gasteiger partial charge in [0.2, 0.25) is 0 Å². The molecule has 2 fully saturated rings. The normalized spacial score (nSPS) is 27.5. The maximum atomic E-state index is 13.3. The number of ether oxygens (including phenoxy) is 3. The van der Waals surface area contributed by atoms with E-state index in [4.69, 9.17) is 14.2 Å². The molecule has 0 radical (unpaired) electrons. The Balaban J connectivity index is 1.42. The number of rotatable bonds is 3. The summed E-state index contributed by atoms with van der Waals surface area (Å²) in [7, 11) is 1.65. The predicted molar refractivity (Wildman–Crippen MR) is 125 cm³/mol. The molecule has 2 N–H and O–H groups in total. The summed E-state index contributed by atoms with van der Waals surface area (Å²) in [6.45, 7) is 0.691. The highest BCUT2D eigenvalue weighted by molar-refractivity contribution is 6.01. The van der Waals surface area contributed by atoms with Crippen molar-refractivity contribution < 1.29 is 23.8 Å². The van der Waals surface area contributed by atoms with Gasteiger partial charge < -0.3 is 14.2 Å². The van der Waals surface area contributed by atoms with E-state index in [1.807, 2.05) is 12.1 Å². The van der Waals surface area contributed by atoms with Gasteiger partial charge in [0, 0.05) is 23.9 Å². The van der Waals surface area contributed by atoms with Gasteiger partial charge in [-0.2, -0.15) is 0 Å². The van der Waals surface area contributed by atoms with Gasteiger partial charge in [0.1, 0.15) is 22.8 Å². The van der Waals surface area contributed by atoms with Crippen molar-refractivity contribution in [1.82, 2.24) is 10.9 Å². The Hall–Kier alpha value is -2.90. The molecule has 6 rings (SSSR count). The molecule has 0 aromatic heterocycles. The van der Waals surface area contributed by atoms with E-state index in [1.54, 1.807) is 19.2 Å². The maximum absolute atomic E-state index is 13.3. The molecule has 2 aromatic carbocycles.